The molecule has 0 amide bonds. The van der Waals surface area contributed by atoms with Crippen molar-refractivity contribution in [2.75, 3.05) is 7.11 Å². The topological polar surface area (TPSA) is 9.23 Å². The maximum absolute atomic E-state index is 13.9. The molecule has 0 saturated heterocycles. The molecule has 0 aliphatic heterocycles. The number of rotatable bonds is 8. The molecule has 0 aromatic heterocycles. The van der Waals surface area contributed by atoms with Crippen molar-refractivity contribution in [2.24, 2.45) is 17.8 Å². The second-order valence-electron chi connectivity index (χ2n) is 11.6. The van der Waals surface area contributed by atoms with Crippen molar-refractivity contribution in [1.82, 2.24) is 0 Å². The Morgan fingerprint density at radius 1 is 0.692 bits per heavy atom. The highest BCUT2D eigenvalue weighted by atomic mass is 19.4. The molecule has 0 N–H and O–H groups in total. The number of hydrogen-bond acceptors (Lipinski definition) is 1. The summed E-state index contributed by atoms with van der Waals surface area (Å²) in [6.07, 6.45) is 4.77. The second-order valence-corrected chi connectivity index (χ2v) is 11.6. The number of hydrogen-bond donors (Lipinski definition) is 0. The molecule has 4 rings (SSSR count). The van der Waals surface area contributed by atoms with Gasteiger partial charge in [-0.2, -0.15) is 26.3 Å². The quantitative estimate of drug-likeness (QED) is 0.233. The van der Waals surface area contributed by atoms with E-state index in [2.05, 4.69) is 11.7 Å². The molecule has 0 atom stereocenters. The van der Waals surface area contributed by atoms with Gasteiger partial charge >= 0.3 is 12.4 Å². The molecule has 2 saturated carbocycles. The minimum absolute atomic E-state index is 0.114. The molecular weight excluding hydrogens is 514 g/mol. The van der Waals surface area contributed by atoms with Crippen LogP contribution in [0.25, 0.3) is 11.1 Å². The second kappa shape index (κ2) is 12.6. The summed E-state index contributed by atoms with van der Waals surface area (Å²) in [5, 5.41) is 0. The summed E-state index contributed by atoms with van der Waals surface area (Å²) in [4.78, 5) is 0. The molecule has 39 heavy (non-hydrogen) atoms. The van der Waals surface area contributed by atoms with Crippen LogP contribution in [-0.4, -0.2) is 7.11 Å². The van der Waals surface area contributed by atoms with Crippen molar-refractivity contribution in [3.63, 3.8) is 0 Å². The lowest BCUT2D eigenvalue weighted by molar-refractivity contribution is -0.162. The first-order valence-electron chi connectivity index (χ1n) is 14.5. The van der Waals surface area contributed by atoms with Crippen LogP contribution in [-0.2, 0) is 12.4 Å². The van der Waals surface area contributed by atoms with Gasteiger partial charge in [-0.3, -0.25) is 0 Å². The first-order valence-corrected chi connectivity index (χ1v) is 14.5. The SMILES string of the molecule is CCCCCC1CCC(C2CCC(c3ccc(-c4ccc(OC)c(C(F)(F)F)c4C(F)(F)F)cc3)CC2)CC1. The van der Waals surface area contributed by atoms with Gasteiger partial charge in [0.25, 0.3) is 0 Å². The van der Waals surface area contributed by atoms with Crippen molar-refractivity contribution in [3.05, 3.63) is 53.1 Å². The molecule has 7 heteroatoms. The van der Waals surface area contributed by atoms with Gasteiger partial charge in [-0.25, -0.2) is 0 Å². The lowest BCUT2D eigenvalue weighted by atomic mass is 9.68. The van der Waals surface area contributed by atoms with E-state index in [1.807, 2.05) is 0 Å². The summed E-state index contributed by atoms with van der Waals surface area (Å²) >= 11 is 0. The highest BCUT2D eigenvalue weighted by Crippen LogP contribution is 2.49. The summed E-state index contributed by atoms with van der Waals surface area (Å²) in [6.45, 7) is 2.25. The first kappa shape index (κ1) is 29.8. The minimum Gasteiger partial charge on any atom is -0.496 e. The van der Waals surface area contributed by atoms with Crippen molar-refractivity contribution in [3.8, 4) is 16.9 Å². The fraction of sp³-hybridized carbons (Fsp3) is 0.625. The fourth-order valence-electron chi connectivity index (χ4n) is 7.06. The van der Waals surface area contributed by atoms with Crippen molar-refractivity contribution in [2.45, 2.75) is 102 Å². The van der Waals surface area contributed by atoms with Gasteiger partial charge in [0.05, 0.1) is 12.7 Å². The van der Waals surface area contributed by atoms with Crippen molar-refractivity contribution < 1.29 is 31.1 Å². The summed E-state index contributed by atoms with van der Waals surface area (Å²) < 4.78 is 87.6. The summed E-state index contributed by atoms with van der Waals surface area (Å²) in [7, 11) is 0.938. The number of ether oxygens (including phenoxy) is 1. The molecular formula is C32H40F6O. The first-order chi connectivity index (χ1) is 18.5. The Morgan fingerprint density at radius 2 is 1.26 bits per heavy atom. The van der Waals surface area contributed by atoms with E-state index in [0.717, 1.165) is 55.4 Å². The zero-order chi connectivity index (χ0) is 28.2. The van der Waals surface area contributed by atoms with Crippen LogP contribution in [0.5, 0.6) is 5.75 Å². The van der Waals surface area contributed by atoms with E-state index in [4.69, 9.17) is 0 Å². The molecule has 0 unspecified atom stereocenters. The maximum Gasteiger partial charge on any atom is 0.420 e. The Kier molecular flexibility index (Phi) is 9.59. The molecule has 0 bridgehead atoms. The van der Waals surface area contributed by atoms with Crippen LogP contribution in [0, 0.1) is 17.8 Å². The normalized spacial score (nSPS) is 24.5. The van der Waals surface area contributed by atoms with Crippen molar-refractivity contribution >= 4 is 0 Å². The Morgan fingerprint density at radius 3 is 1.77 bits per heavy atom. The third-order valence-corrected chi connectivity index (χ3v) is 9.19. The number of methoxy groups -OCH3 is 1. The Hall–Kier alpha value is -2.18. The molecule has 2 aliphatic carbocycles. The van der Waals surface area contributed by atoms with Crippen LogP contribution in [0.4, 0.5) is 26.3 Å². The Balaban J connectivity index is 1.42. The van der Waals surface area contributed by atoms with Gasteiger partial charge < -0.3 is 4.74 Å². The van der Waals surface area contributed by atoms with Gasteiger partial charge in [0.1, 0.15) is 11.3 Å². The third kappa shape index (κ3) is 7.13. The van der Waals surface area contributed by atoms with E-state index in [1.165, 1.54) is 76.3 Å². The molecule has 0 radical (unpaired) electrons. The van der Waals surface area contributed by atoms with Gasteiger partial charge in [0.15, 0.2) is 0 Å². The molecule has 216 valence electrons. The van der Waals surface area contributed by atoms with Gasteiger partial charge in [-0.15, -0.1) is 0 Å². The molecule has 0 spiro atoms. The Labute approximate surface area is 228 Å². The van der Waals surface area contributed by atoms with Crippen LogP contribution in [0.15, 0.2) is 36.4 Å². The Bertz CT molecular complexity index is 1060. The van der Waals surface area contributed by atoms with Gasteiger partial charge in [0.2, 0.25) is 0 Å². The molecule has 2 aliphatic rings. The molecule has 0 heterocycles. The van der Waals surface area contributed by atoms with Gasteiger partial charge in [0, 0.05) is 0 Å². The van der Waals surface area contributed by atoms with E-state index in [0.29, 0.717) is 5.92 Å². The van der Waals surface area contributed by atoms with E-state index in [9.17, 15) is 26.3 Å². The number of alkyl halides is 6. The molecule has 1 nitrogen and oxygen atoms in total. The fourth-order valence-corrected chi connectivity index (χ4v) is 7.06. The molecule has 2 fully saturated rings. The zero-order valence-electron chi connectivity index (χ0n) is 22.9. The van der Waals surface area contributed by atoms with Crippen LogP contribution in [0.2, 0.25) is 0 Å². The minimum atomic E-state index is -5.21. The van der Waals surface area contributed by atoms with Crippen LogP contribution >= 0.6 is 0 Å². The van der Waals surface area contributed by atoms with Crippen molar-refractivity contribution in [1.29, 1.82) is 0 Å². The standard InChI is InChI=1S/C32H40F6O/c1-3-4-5-6-21-7-9-22(10-8-21)23-11-13-24(14-12-23)25-15-17-26(18-16-25)27-19-20-28(39-2)30(32(36,37)38)29(27)31(33,34)35/h15-24H,3-14H2,1-2H3. The van der Waals surface area contributed by atoms with Gasteiger partial charge in [-0.1, -0.05) is 75.8 Å². The molecule has 2 aromatic rings. The van der Waals surface area contributed by atoms with E-state index >= 15 is 0 Å². The summed E-state index contributed by atoms with van der Waals surface area (Å²) in [6, 6.07) is 8.66. The highest BCUT2D eigenvalue weighted by molar-refractivity contribution is 5.72. The lowest BCUT2D eigenvalue weighted by Crippen LogP contribution is -2.25. The van der Waals surface area contributed by atoms with Crippen LogP contribution < -0.4 is 4.74 Å². The molecule has 2 aromatic carbocycles. The van der Waals surface area contributed by atoms with Crippen LogP contribution in [0.3, 0.4) is 0 Å². The largest absolute Gasteiger partial charge is 0.496 e. The average molecular weight is 555 g/mol. The smallest absolute Gasteiger partial charge is 0.420 e. The number of unbranched alkanes of at least 4 members (excludes halogenated alkanes) is 2. The lowest BCUT2D eigenvalue weighted by Gasteiger charge is -2.38. The van der Waals surface area contributed by atoms with Gasteiger partial charge in [-0.05, 0) is 85.0 Å². The third-order valence-electron chi connectivity index (χ3n) is 9.19. The monoisotopic (exact) mass is 554 g/mol. The maximum atomic E-state index is 13.9. The highest BCUT2D eigenvalue weighted by Gasteiger charge is 2.47. The van der Waals surface area contributed by atoms with E-state index < -0.39 is 34.8 Å². The van der Waals surface area contributed by atoms with E-state index in [-0.39, 0.29) is 5.56 Å². The van der Waals surface area contributed by atoms with Crippen LogP contribution in [0.1, 0.15) is 107 Å². The number of benzene rings is 2. The summed E-state index contributed by atoms with van der Waals surface area (Å²) in [5.41, 5.74) is -2.81. The predicted octanol–water partition coefficient (Wildman–Crippen LogP) is 11.1. The average Bonchev–Trinajstić information content (AvgIpc) is 2.92. The summed E-state index contributed by atoms with van der Waals surface area (Å²) in [5.74, 6) is 1.97. The number of halogens is 6. The predicted molar refractivity (Wildman–Crippen MR) is 143 cm³/mol. The zero-order valence-corrected chi connectivity index (χ0v) is 22.9. The van der Waals surface area contributed by atoms with E-state index in [1.54, 1.807) is 12.1 Å².